The normalized spacial score (nSPS) is 17.3. The van der Waals surface area contributed by atoms with Crippen LogP contribution in [0.25, 0.3) is 11.3 Å². The van der Waals surface area contributed by atoms with Crippen LogP contribution in [-0.4, -0.2) is 36.7 Å². The highest BCUT2D eigenvalue weighted by atomic mass is 32.1. The molecule has 0 saturated heterocycles. The monoisotopic (exact) mass is 410 g/mol. The molecule has 3 aromatic rings. The number of thiophene rings is 1. The molecule has 1 aliphatic carbocycles. The molecule has 0 radical (unpaired) electrons. The number of aryl methyl sites for hydroxylation is 1. The second-order valence-corrected chi connectivity index (χ2v) is 8.43. The van der Waals surface area contributed by atoms with Gasteiger partial charge in [0.25, 0.3) is 5.91 Å². The van der Waals surface area contributed by atoms with E-state index in [0.29, 0.717) is 18.0 Å². The summed E-state index contributed by atoms with van der Waals surface area (Å²) in [7, 11) is 3.26. The largest absolute Gasteiger partial charge is 0.493 e. The zero-order valence-electron chi connectivity index (χ0n) is 16.7. The highest BCUT2D eigenvalue weighted by molar-refractivity contribution is 7.10. The fourth-order valence-corrected chi connectivity index (χ4v) is 5.33. The Labute approximate surface area is 173 Å². The van der Waals surface area contributed by atoms with Gasteiger partial charge in [-0.3, -0.25) is 4.79 Å². The van der Waals surface area contributed by atoms with Gasteiger partial charge in [-0.1, -0.05) is 5.16 Å². The number of rotatable bonds is 3. The summed E-state index contributed by atoms with van der Waals surface area (Å²) in [6.07, 6.45) is 2.48. The summed E-state index contributed by atoms with van der Waals surface area (Å²) < 4.78 is 16.5. The SMILES string of the molecule is COc1cc2c(cc1OC)[C@@H](C)N(C(=O)c1noc3c1CCc1sccc1-3)CC2. The highest BCUT2D eigenvalue weighted by Gasteiger charge is 2.35. The van der Waals surface area contributed by atoms with Crippen molar-refractivity contribution in [3.05, 3.63) is 50.8 Å². The number of carbonyl (C=O) groups is 1. The first-order valence-electron chi connectivity index (χ1n) is 9.73. The van der Waals surface area contributed by atoms with E-state index in [-0.39, 0.29) is 11.9 Å². The number of carbonyl (C=O) groups excluding carboxylic acids is 1. The average Bonchev–Trinajstić information content (AvgIpc) is 3.39. The Morgan fingerprint density at radius 2 is 2.00 bits per heavy atom. The molecular weight excluding hydrogens is 388 g/mol. The first kappa shape index (κ1) is 18.2. The van der Waals surface area contributed by atoms with Gasteiger partial charge in [0.05, 0.1) is 20.3 Å². The molecule has 0 fully saturated rings. The van der Waals surface area contributed by atoms with E-state index in [1.165, 1.54) is 10.4 Å². The molecule has 5 rings (SSSR count). The molecule has 1 amide bonds. The Morgan fingerprint density at radius 1 is 1.21 bits per heavy atom. The Bertz CT molecular complexity index is 1100. The molecule has 2 aliphatic rings. The molecule has 1 aromatic carbocycles. The smallest absolute Gasteiger partial charge is 0.276 e. The van der Waals surface area contributed by atoms with Crippen LogP contribution in [0, 0.1) is 0 Å². The third-order valence-electron chi connectivity index (χ3n) is 6.03. The van der Waals surface area contributed by atoms with Crippen LogP contribution in [0.2, 0.25) is 0 Å². The van der Waals surface area contributed by atoms with Gasteiger partial charge in [-0.05, 0) is 60.9 Å². The van der Waals surface area contributed by atoms with E-state index in [4.69, 9.17) is 14.0 Å². The number of fused-ring (bicyclic) bond motifs is 4. The highest BCUT2D eigenvalue weighted by Crippen LogP contribution is 2.41. The number of hydrogen-bond donors (Lipinski definition) is 0. The van der Waals surface area contributed by atoms with Gasteiger partial charge in [0.2, 0.25) is 0 Å². The van der Waals surface area contributed by atoms with Crippen LogP contribution in [0.4, 0.5) is 0 Å². The summed E-state index contributed by atoms with van der Waals surface area (Å²) in [5, 5.41) is 6.26. The number of ether oxygens (including phenoxy) is 2. The van der Waals surface area contributed by atoms with Crippen LogP contribution in [-0.2, 0) is 19.3 Å². The van der Waals surface area contributed by atoms with Crippen molar-refractivity contribution in [1.82, 2.24) is 10.1 Å². The van der Waals surface area contributed by atoms with Crippen molar-refractivity contribution in [2.45, 2.75) is 32.2 Å². The molecule has 0 N–H and O–H groups in total. The minimum absolute atomic E-state index is 0.0679. The van der Waals surface area contributed by atoms with Gasteiger partial charge < -0.3 is 18.9 Å². The van der Waals surface area contributed by atoms with E-state index in [1.54, 1.807) is 25.6 Å². The van der Waals surface area contributed by atoms with Gasteiger partial charge >= 0.3 is 0 Å². The molecule has 0 saturated carbocycles. The van der Waals surface area contributed by atoms with Gasteiger partial charge in [-0.15, -0.1) is 11.3 Å². The third kappa shape index (κ3) is 2.75. The summed E-state index contributed by atoms with van der Waals surface area (Å²) in [6.45, 7) is 2.68. The lowest BCUT2D eigenvalue weighted by atomic mass is 9.91. The summed E-state index contributed by atoms with van der Waals surface area (Å²) in [5.41, 5.74) is 4.74. The molecule has 0 spiro atoms. The number of methoxy groups -OCH3 is 2. The lowest BCUT2D eigenvalue weighted by molar-refractivity contribution is 0.0665. The maximum absolute atomic E-state index is 13.4. The lowest BCUT2D eigenvalue weighted by Crippen LogP contribution is -2.39. The average molecular weight is 410 g/mol. The van der Waals surface area contributed by atoms with Gasteiger partial charge in [-0.2, -0.15) is 0 Å². The summed E-state index contributed by atoms with van der Waals surface area (Å²) in [5.74, 6) is 2.08. The molecule has 0 unspecified atom stereocenters. The zero-order chi connectivity index (χ0) is 20.1. The van der Waals surface area contributed by atoms with Gasteiger partial charge in [-0.25, -0.2) is 0 Å². The minimum Gasteiger partial charge on any atom is -0.493 e. The van der Waals surface area contributed by atoms with Gasteiger partial charge in [0, 0.05) is 22.5 Å². The molecule has 6 nitrogen and oxygen atoms in total. The van der Waals surface area contributed by atoms with Crippen molar-refractivity contribution < 1.29 is 18.8 Å². The molecule has 1 atom stereocenters. The first-order valence-corrected chi connectivity index (χ1v) is 10.6. The van der Waals surface area contributed by atoms with E-state index in [9.17, 15) is 4.79 Å². The Morgan fingerprint density at radius 3 is 2.79 bits per heavy atom. The van der Waals surface area contributed by atoms with E-state index >= 15 is 0 Å². The van der Waals surface area contributed by atoms with E-state index in [0.717, 1.165) is 47.5 Å². The predicted molar refractivity (Wildman–Crippen MR) is 110 cm³/mol. The summed E-state index contributed by atoms with van der Waals surface area (Å²) in [4.78, 5) is 16.6. The van der Waals surface area contributed by atoms with Gasteiger partial charge in [0.1, 0.15) is 0 Å². The second-order valence-electron chi connectivity index (χ2n) is 7.43. The van der Waals surface area contributed by atoms with Crippen molar-refractivity contribution in [3.63, 3.8) is 0 Å². The molecule has 1 aliphatic heterocycles. The molecular formula is C22H22N2O4S. The second kappa shape index (κ2) is 6.91. The number of hydrogen-bond acceptors (Lipinski definition) is 6. The van der Waals surface area contributed by atoms with Crippen LogP contribution >= 0.6 is 11.3 Å². The maximum atomic E-state index is 13.4. The quantitative estimate of drug-likeness (QED) is 0.645. The van der Waals surface area contributed by atoms with Crippen LogP contribution < -0.4 is 9.47 Å². The molecule has 29 heavy (non-hydrogen) atoms. The predicted octanol–water partition coefficient (Wildman–Crippen LogP) is 4.28. The Balaban J connectivity index is 1.48. The molecule has 0 bridgehead atoms. The Kier molecular flexibility index (Phi) is 4.35. The van der Waals surface area contributed by atoms with Gasteiger partial charge in [0.15, 0.2) is 23.0 Å². The minimum atomic E-state index is -0.0845. The zero-order valence-corrected chi connectivity index (χ0v) is 17.5. The fraction of sp³-hybridized carbons (Fsp3) is 0.364. The molecule has 2 aromatic heterocycles. The standard InChI is InChI=1S/C22H22N2O4S/c1-12-16-11-18(27-3)17(26-2)10-13(16)6-8-24(12)22(25)20-15-4-5-19-14(7-9-29-19)21(15)28-23-20/h7,9-12H,4-6,8H2,1-3H3/t12-/m1/s1. The van der Waals surface area contributed by atoms with Crippen molar-refractivity contribution in [2.24, 2.45) is 0 Å². The number of aromatic nitrogens is 1. The van der Waals surface area contributed by atoms with Crippen LogP contribution in [0.1, 0.15) is 45.0 Å². The molecule has 150 valence electrons. The topological polar surface area (TPSA) is 64.8 Å². The third-order valence-corrected chi connectivity index (χ3v) is 7.01. The number of amides is 1. The maximum Gasteiger partial charge on any atom is 0.276 e. The van der Waals surface area contributed by atoms with Crippen LogP contribution in [0.3, 0.4) is 0 Å². The van der Waals surface area contributed by atoms with E-state index in [2.05, 4.69) is 16.6 Å². The number of benzene rings is 1. The number of nitrogens with zero attached hydrogens (tertiary/aromatic N) is 2. The van der Waals surface area contributed by atoms with Crippen molar-refractivity contribution in [3.8, 4) is 22.8 Å². The molecule has 7 heteroatoms. The summed E-state index contributed by atoms with van der Waals surface area (Å²) >= 11 is 1.73. The van der Waals surface area contributed by atoms with Crippen molar-refractivity contribution in [2.75, 3.05) is 20.8 Å². The summed E-state index contributed by atoms with van der Waals surface area (Å²) in [6, 6.07) is 5.96. The lowest BCUT2D eigenvalue weighted by Gasteiger charge is -2.35. The fourth-order valence-electron chi connectivity index (χ4n) is 4.45. The Hall–Kier alpha value is -2.80. The van der Waals surface area contributed by atoms with Crippen molar-refractivity contribution >= 4 is 17.2 Å². The van der Waals surface area contributed by atoms with Crippen LogP contribution in [0.5, 0.6) is 11.5 Å². The van der Waals surface area contributed by atoms with E-state index in [1.807, 2.05) is 24.0 Å². The first-order chi connectivity index (χ1) is 14.1. The van der Waals surface area contributed by atoms with E-state index < -0.39 is 0 Å². The van der Waals surface area contributed by atoms with Crippen LogP contribution in [0.15, 0.2) is 28.1 Å². The molecule has 3 heterocycles. The van der Waals surface area contributed by atoms with Crippen molar-refractivity contribution in [1.29, 1.82) is 0 Å².